The summed E-state index contributed by atoms with van der Waals surface area (Å²) >= 11 is 3.55. The minimum Gasteiger partial charge on any atom is -0.380 e. The highest BCUT2D eigenvalue weighted by atomic mass is 79.9. The maximum Gasteiger partial charge on any atom is 0.0593 e. The lowest BCUT2D eigenvalue weighted by atomic mass is 10.0. The Morgan fingerprint density at radius 3 is 2.93 bits per heavy atom. The molecule has 1 heterocycles. The maximum absolute atomic E-state index is 5.56. The van der Waals surface area contributed by atoms with Crippen molar-refractivity contribution in [2.24, 2.45) is 0 Å². The minimum atomic E-state index is 0.795. The van der Waals surface area contributed by atoms with Gasteiger partial charge in [-0.05, 0) is 32.2 Å². The highest BCUT2D eigenvalue weighted by molar-refractivity contribution is 9.09. The molecule has 2 nitrogen and oxygen atoms in total. The first-order valence-corrected chi connectivity index (χ1v) is 7.38. The number of nitrogens with zero attached hydrogens (tertiary/aromatic N) is 1. The first-order chi connectivity index (χ1) is 7.38. The molecule has 0 bridgehead atoms. The number of piperidine rings is 1. The van der Waals surface area contributed by atoms with Gasteiger partial charge in [-0.3, -0.25) is 4.90 Å². The van der Waals surface area contributed by atoms with Gasteiger partial charge in [0.05, 0.1) is 6.61 Å². The predicted octanol–water partition coefficient (Wildman–Crippen LogP) is 3.05. The summed E-state index contributed by atoms with van der Waals surface area (Å²) in [6, 6.07) is 0.795. The molecule has 0 radical (unpaired) electrons. The van der Waals surface area contributed by atoms with Crippen LogP contribution in [-0.2, 0) is 4.74 Å². The lowest BCUT2D eigenvalue weighted by molar-refractivity contribution is 0.0712. The molecule has 0 saturated carbocycles. The zero-order valence-corrected chi connectivity index (χ0v) is 11.5. The molecule has 1 rings (SSSR count). The van der Waals surface area contributed by atoms with E-state index in [9.17, 15) is 0 Å². The molecule has 1 aliphatic rings. The van der Waals surface area contributed by atoms with Gasteiger partial charge in [-0.25, -0.2) is 0 Å². The zero-order valence-electron chi connectivity index (χ0n) is 9.88. The number of halogens is 1. The first-order valence-electron chi connectivity index (χ1n) is 6.26. The smallest absolute Gasteiger partial charge is 0.0593 e. The van der Waals surface area contributed by atoms with E-state index in [1.165, 1.54) is 32.2 Å². The lowest BCUT2D eigenvalue weighted by Crippen LogP contribution is -2.41. The normalized spacial score (nSPS) is 23.2. The largest absolute Gasteiger partial charge is 0.380 e. The number of hydrogen-bond donors (Lipinski definition) is 0. The molecule has 1 aliphatic heterocycles. The Balaban J connectivity index is 2.17. The van der Waals surface area contributed by atoms with E-state index >= 15 is 0 Å². The van der Waals surface area contributed by atoms with Gasteiger partial charge >= 0.3 is 0 Å². The van der Waals surface area contributed by atoms with Crippen LogP contribution in [0, 0.1) is 0 Å². The van der Waals surface area contributed by atoms with Gasteiger partial charge in [0, 0.05) is 24.5 Å². The maximum atomic E-state index is 5.56. The van der Waals surface area contributed by atoms with Crippen molar-refractivity contribution in [3.05, 3.63) is 0 Å². The average Bonchev–Trinajstić information content (AvgIpc) is 2.27. The van der Waals surface area contributed by atoms with Crippen molar-refractivity contribution >= 4 is 15.9 Å². The zero-order chi connectivity index (χ0) is 10.9. The van der Waals surface area contributed by atoms with E-state index in [1.807, 2.05) is 0 Å². The van der Waals surface area contributed by atoms with Crippen LogP contribution in [0.25, 0.3) is 0 Å². The number of hydrogen-bond acceptors (Lipinski definition) is 2. The van der Waals surface area contributed by atoms with E-state index in [-0.39, 0.29) is 0 Å². The number of rotatable bonds is 7. The van der Waals surface area contributed by atoms with Gasteiger partial charge in [0.1, 0.15) is 0 Å². The minimum absolute atomic E-state index is 0.795. The fraction of sp³-hybridized carbons (Fsp3) is 1.00. The van der Waals surface area contributed by atoms with Crippen LogP contribution < -0.4 is 0 Å². The highest BCUT2D eigenvalue weighted by Gasteiger charge is 2.20. The van der Waals surface area contributed by atoms with Crippen LogP contribution in [0.2, 0.25) is 0 Å². The van der Waals surface area contributed by atoms with Gasteiger partial charge in [-0.15, -0.1) is 0 Å². The third-order valence-corrected chi connectivity index (χ3v) is 3.52. The second-order valence-corrected chi connectivity index (χ2v) is 5.07. The Bertz CT molecular complexity index is 153. The SMILES string of the molecule is CCCOCCN1CCCCC1CCBr. The second kappa shape index (κ2) is 8.54. The molecule has 0 aromatic carbocycles. The lowest BCUT2D eigenvalue weighted by Gasteiger charge is -2.35. The van der Waals surface area contributed by atoms with Gasteiger partial charge in [0.25, 0.3) is 0 Å². The number of ether oxygens (including phenoxy) is 1. The Labute approximate surface area is 102 Å². The van der Waals surface area contributed by atoms with E-state index in [2.05, 4.69) is 27.8 Å². The summed E-state index contributed by atoms with van der Waals surface area (Å²) < 4.78 is 5.56. The van der Waals surface area contributed by atoms with E-state index in [0.29, 0.717) is 0 Å². The van der Waals surface area contributed by atoms with Gasteiger partial charge in [-0.2, -0.15) is 0 Å². The van der Waals surface area contributed by atoms with Gasteiger partial charge in [0.2, 0.25) is 0 Å². The Kier molecular flexibility index (Phi) is 7.67. The van der Waals surface area contributed by atoms with E-state index < -0.39 is 0 Å². The summed E-state index contributed by atoms with van der Waals surface area (Å²) in [5.74, 6) is 0. The van der Waals surface area contributed by atoms with Crippen LogP contribution in [0.4, 0.5) is 0 Å². The molecule has 1 atom stereocenters. The molecule has 0 aliphatic carbocycles. The van der Waals surface area contributed by atoms with Crippen molar-refractivity contribution in [2.75, 3.05) is 31.6 Å². The van der Waals surface area contributed by atoms with Crippen LogP contribution in [0.5, 0.6) is 0 Å². The van der Waals surface area contributed by atoms with Crippen LogP contribution >= 0.6 is 15.9 Å². The molecule has 3 heteroatoms. The molecule has 0 N–H and O–H groups in total. The summed E-state index contributed by atoms with van der Waals surface area (Å²) in [5.41, 5.74) is 0. The summed E-state index contributed by atoms with van der Waals surface area (Å²) in [6.45, 7) is 6.38. The van der Waals surface area contributed by atoms with Crippen LogP contribution in [0.3, 0.4) is 0 Å². The molecule has 15 heavy (non-hydrogen) atoms. The van der Waals surface area contributed by atoms with Gasteiger partial charge < -0.3 is 4.74 Å². The molecule has 0 aromatic rings. The fourth-order valence-electron chi connectivity index (χ4n) is 2.24. The van der Waals surface area contributed by atoms with Crippen LogP contribution in [-0.4, -0.2) is 42.6 Å². The van der Waals surface area contributed by atoms with Crippen molar-refractivity contribution in [3.63, 3.8) is 0 Å². The molecule has 0 spiro atoms. The fourth-order valence-corrected chi connectivity index (χ4v) is 2.76. The van der Waals surface area contributed by atoms with E-state index in [1.54, 1.807) is 0 Å². The van der Waals surface area contributed by atoms with Crippen molar-refractivity contribution in [1.82, 2.24) is 4.90 Å². The number of likely N-dealkylation sites (tertiary alicyclic amines) is 1. The summed E-state index contributed by atoms with van der Waals surface area (Å²) in [5, 5.41) is 1.13. The molecule has 1 saturated heterocycles. The standard InChI is InChI=1S/C12H24BrNO/c1-2-10-15-11-9-14-8-4-3-5-12(14)6-7-13/h12H,2-11H2,1H3. The van der Waals surface area contributed by atoms with Crippen LogP contribution in [0.15, 0.2) is 0 Å². The topological polar surface area (TPSA) is 12.5 Å². The Morgan fingerprint density at radius 2 is 2.20 bits per heavy atom. The van der Waals surface area contributed by atoms with Crippen molar-refractivity contribution in [2.45, 2.75) is 45.1 Å². The van der Waals surface area contributed by atoms with Gasteiger partial charge in [0.15, 0.2) is 0 Å². The quantitative estimate of drug-likeness (QED) is 0.524. The van der Waals surface area contributed by atoms with E-state index in [0.717, 1.165) is 37.6 Å². The Morgan fingerprint density at radius 1 is 1.33 bits per heavy atom. The third-order valence-electron chi connectivity index (χ3n) is 3.06. The number of alkyl halides is 1. The summed E-state index contributed by atoms with van der Waals surface area (Å²) in [4.78, 5) is 2.61. The van der Waals surface area contributed by atoms with Crippen molar-refractivity contribution in [1.29, 1.82) is 0 Å². The van der Waals surface area contributed by atoms with Crippen LogP contribution in [0.1, 0.15) is 39.0 Å². The molecule has 0 amide bonds. The highest BCUT2D eigenvalue weighted by Crippen LogP contribution is 2.19. The molecular formula is C12H24BrNO. The Hall–Kier alpha value is 0.400. The van der Waals surface area contributed by atoms with Crippen molar-refractivity contribution in [3.8, 4) is 0 Å². The molecule has 90 valence electrons. The second-order valence-electron chi connectivity index (χ2n) is 4.28. The first kappa shape index (κ1) is 13.5. The third kappa shape index (κ3) is 5.32. The molecule has 1 unspecified atom stereocenters. The summed E-state index contributed by atoms with van der Waals surface area (Å²) in [6.07, 6.45) is 6.56. The monoisotopic (exact) mass is 277 g/mol. The molecule has 0 aromatic heterocycles. The van der Waals surface area contributed by atoms with Crippen molar-refractivity contribution < 1.29 is 4.74 Å². The van der Waals surface area contributed by atoms with E-state index in [4.69, 9.17) is 4.74 Å². The molecular weight excluding hydrogens is 254 g/mol. The summed E-state index contributed by atoms with van der Waals surface area (Å²) in [7, 11) is 0. The molecule has 1 fully saturated rings. The average molecular weight is 278 g/mol. The van der Waals surface area contributed by atoms with Gasteiger partial charge in [-0.1, -0.05) is 29.3 Å². The predicted molar refractivity (Wildman–Crippen MR) is 68.7 cm³/mol.